The second-order valence-corrected chi connectivity index (χ2v) is 17.9. The predicted octanol–water partition coefficient (Wildman–Crippen LogP) is 18.0. The summed E-state index contributed by atoms with van der Waals surface area (Å²) in [5, 5.41) is 4.97. The first-order valence-corrected chi connectivity index (χ1v) is 23.6. The number of benzene rings is 11. The maximum absolute atomic E-state index is 2.50. The van der Waals surface area contributed by atoms with Gasteiger partial charge in [-0.15, -0.1) is 0 Å². The third kappa shape index (κ3) is 6.61. The average molecular weight is 861 g/mol. The van der Waals surface area contributed by atoms with Gasteiger partial charge in [0.15, 0.2) is 0 Å². The normalized spacial score (nSPS) is 13.1. The van der Waals surface area contributed by atoms with Crippen molar-refractivity contribution in [2.45, 2.75) is 0 Å². The van der Waals surface area contributed by atoms with Gasteiger partial charge in [-0.05, 0) is 157 Å². The van der Waals surface area contributed by atoms with E-state index >= 15 is 0 Å². The molecule has 0 spiro atoms. The highest BCUT2D eigenvalue weighted by atomic mass is 14.4. The van der Waals surface area contributed by atoms with Gasteiger partial charge in [-0.25, -0.2) is 0 Å². The van der Waals surface area contributed by atoms with Crippen LogP contribution in [0.3, 0.4) is 0 Å². The summed E-state index contributed by atoms with van der Waals surface area (Å²) in [6, 6.07) is 98.5. The fraction of sp³-hybridized carbons (Fsp3) is 0. The van der Waals surface area contributed by atoms with Gasteiger partial charge in [0.25, 0.3) is 0 Å². The van der Waals surface area contributed by atoms with Crippen LogP contribution in [0.25, 0.3) is 93.9 Å². The minimum absolute atomic E-state index is 1.19. The van der Waals surface area contributed by atoms with Crippen molar-refractivity contribution in [2.24, 2.45) is 0 Å². The zero-order valence-electron chi connectivity index (χ0n) is 37.4. The first-order valence-electron chi connectivity index (χ1n) is 23.6. The van der Waals surface area contributed by atoms with Crippen molar-refractivity contribution < 1.29 is 0 Å². The summed E-state index contributed by atoms with van der Waals surface area (Å²) >= 11 is 0. The second kappa shape index (κ2) is 16.5. The molecule has 0 amide bonds. The van der Waals surface area contributed by atoms with Crippen LogP contribution in [-0.2, 0) is 0 Å². The lowest BCUT2D eigenvalue weighted by molar-refractivity contribution is 1.51. The van der Waals surface area contributed by atoms with Gasteiger partial charge in [0.05, 0.1) is 0 Å². The van der Waals surface area contributed by atoms with Gasteiger partial charge < -0.3 is 0 Å². The molecule has 0 aromatic heterocycles. The topological polar surface area (TPSA) is 0 Å². The monoisotopic (exact) mass is 860 g/mol. The number of hydrogen-bond acceptors (Lipinski definition) is 0. The number of allylic oxidation sites excluding steroid dienone is 5. The lowest BCUT2D eigenvalue weighted by Gasteiger charge is -2.19. The van der Waals surface area contributed by atoms with Gasteiger partial charge >= 0.3 is 0 Å². The van der Waals surface area contributed by atoms with E-state index in [1.165, 1.54) is 133 Å². The Kier molecular flexibility index (Phi) is 9.62. The number of hydrogen-bond donors (Lipinski definition) is 0. The predicted molar refractivity (Wildman–Crippen MR) is 289 cm³/mol. The fourth-order valence-corrected chi connectivity index (χ4v) is 11.0. The highest BCUT2D eigenvalue weighted by Crippen LogP contribution is 2.63. The highest BCUT2D eigenvalue weighted by Gasteiger charge is 2.41. The van der Waals surface area contributed by atoms with Crippen molar-refractivity contribution in [1.29, 1.82) is 0 Å². The molecule has 11 aromatic carbocycles. The molecule has 0 radical (unpaired) electrons. The first-order chi connectivity index (χ1) is 33.8. The summed E-state index contributed by atoms with van der Waals surface area (Å²) < 4.78 is 0. The Hall–Kier alpha value is -8.84. The van der Waals surface area contributed by atoms with Crippen molar-refractivity contribution in [3.8, 4) is 44.5 Å². The summed E-state index contributed by atoms with van der Waals surface area (Å²) in [6.07, 6.45) is 0. The summed E-state index contributed by atoms with van der Waals surface area (Å²) in [6.45, 7) is 0. The van der Waals surface area contributed by atoms with Gasteiger partial charge in [0.1, 0.15) is 0 Å². The van der Waals surface area contributed by atoms with E-state index in [0.29, 0.717) is 0 Å². The molecule has 0 heterocycles. The van der Waals surface area contributed by atoms with E-state index in [2.05, 4.69) is 267 Å². The molecule has 0 unspecified atom stereocenters. The molecule has 0 atom stereocenters. The molecular weight excluding hydrogens is 817 g/mol. The van der Waals surface area contributed by atoms with Gasteiger partial charge in [-0.3, -0.25) is 0 Å². The lowest BCUT2D eigenvalue weighted by Crippen LogP contribution is -1.97. The largest absolute Gasteiger partial charge is 0.0622 e. The van der Waals surface area contributed by atoms with Gasteiger partial charge in [-0.1, -0.05) is 243 Å². The standard InChI is InChI=1S/C68H44/c1-5-21-47(22-6-1)59-43-61-62(44-60(59)48-23-7-2-8-24-48)67-64(50-29-11-4-12-30-50)65(53-35-17-33-51(41-53)57-39-19-31-45-25-13-15-37-55(45)57)66(68(67)63(61)49-27-9-3-10-28-49)54-36-18-34-52(42-54)58-40-20-32-46-26-14-16-38-56(46)58/h1-44H. The Morgan fingerprint density at radius 1 is 0.147 bits per heavy atom. The Labute approximate surface area is 397 Å². The Morgan fingerprint density at radius 3 is 0.956 bits per heavy atom. The zero-order chi connectivity index (χ0) is 45.0. The maximum Gasteiger partial charge on any atom is -0.000137 e. The van der Waals surface area contributed by atoms with E-state index in [1.807, 2.05) is 0 Å². The van der Waals surface area contributed by atoms with Crippen LogP contribution in [0.1, 0.15) is 33.4 Å². The van der Waals surface area contributed by atoms with Crippen molar-refractivity contribution in [1.82, 2.24) is 0 Å². The van der Waals surface area contributed by atoms with Crippen molar-refractivity contribution in [3.63, 3.8) is 0 Å². The molecule has 11 aromatic rings. The Balaban J connectivity index is 1.17. The molecule has 0 nitrogen and oxygen atoms in total. The van der Waals surface area contributed by atoms with E-state index in [4.69, 9.17) is 0 Å². The summed E-state index contributed by atoms with van der Waals surface area (Å²) in [7, 11) is 0. The van der Waals surface area contributed by atoms with Crippen LogP contribution in [0.5, 0.6) is 0 Å². The lowest BCUT2D eigenvalue weighted by atomic mass is 9.83. The highest BCUT2D eigenvalue weighted by molar-refractivity contribution is 6.39. The molecule has 13 rings (SSSR count). The SMILES string of the molecule is c1ccc(C2=C3C(=C(c4ccccc4)c4cc(-c5ccccc5)c(-c5ccccc5)cc43)C(c3cccc(-c4cccc5ccccc45)c3)=C2c2cccc(-c3cccc4ccccc34)c2)cc1. The summed E-state index contributed by atoms with van der Waals surface area (Å²) in [4.78, 5) is 0. The number of rotatable bonds is 8. The van der Waals surface area contributed by atoms with Crippen molar-refractivity contribution >= 4 is 49.4 Å². The molecule has 0 fully saturated rings. The van der Waals surface area contributed by atoms with Gasteiger partial charge in [0.2, 0.25) is 0 Å². The van der Waals surface area contributed by atoms with Crippen LogP contribution in [-0.4, -0.2) is 0 Å². The van der Waals surface area contributed by atoms with E-state index in [1.54, 1.807) is 0 Å². The maximum atomic E-state index is 2.50. The first kappa shape index (κ1) is 39.5. The second-order valence-electron chi connectivity index (χ2n) is 17.9. The van der Waals surface area contributed by atoms with Crippen LogP contribution >= 0.6 is 0 Å². The van der Waals surface area contributed by atoms with E-state index in [9.17, 15) is 0 Å². The molecule has 2 aliphatic rings. The molecule has 0 aliphatic heterocycles. The molecule has 0 heteroatoms. The molecule has 0 N–H and O–H groups in total. The van der Waals surface area contributed by atoms with Crippen molar-refractivity contribution in [3.05, 3.63) is 306 Å². The average Bonchev–Trinajstić information content (AvgIpc) is 3.93. The molecule has 0 saturated heterocycles. The number of fused-ring (bicyclic) bond motifs is 5. The molecular formula is C68H44. The third-order valence-corrected chi connectivity index (χ3v) is 14.0. The quantitative estimate of drug-likeness (QED) is 0.143. The Morgan fingerprint density at radius 2 is 0.471 bits per heavy atom. The minimum Gasteiger partial charge on any atom is -0.0622 e. The Bertz CT molecular complexity index is 3840. The zero-order valence-corrected chi connectivity index (χ0v) is 37.4. The smallest absolute Gasteiger partial charge is 0.000137 e. The van der Waals surface area contributed by atoms with Gasteiger partial charge in [0, 0.05) is 0 Å². The molecule has 68 heavy (non-hydrogen) atoms. The van der Waals surface area contributed by atoms with Crippen molar-refractivity contribution in [2.75, 3.05) is 0 Å². The van der Waals surface area contributed by atoms with Crippen LogP contribution in [0, 0.1) is 0 Å². The van der Waals surface area contributed by atoms with E-state index in [-0.39, 0.29) is 0 Å². The van der Waals surface area contributed by atoms with Crippen LogP contribution < -0.4 is 0 Å². The minimum atomic E-state index is 1.19. The van der Waals surface area contributed by atoms with E-state index < -0.39 is 0 Å². The molecule has 2 aliphatic carbocycles. The molecule has 0 saturated carbocycles. The van der Waals surface area contributed by atoms with Gasteiger partial charge in [-0.2, -0.15) is 0 Å². The molecule has 316 valence electrons. The fourth-order valence-electron chi connectivity index (χ4n) is 11.0. The van der Waals surface area contributed by atoms with Crippen LogP contribution in [0.2, 0.25) is 0 Å². The van der Waals surface area contributed by atoms with Crippen LogP contribution in [0.4, 0.5) is 0 Å². The summed E-state index contributed by atoms with van der Waals surface area (Å²) in [5.74, 6) is 0. The van der Waals surface area contributed by atoms with Crippen LogP contribution in [0.15, 0.2) is 272 Å². The molecule has 0 bridgehead atoms. The third-order valence-electron chi connectivity index (χ3n) is 14.0. The van der Waals surface area contributed by atoms with E-state index in [0.717, 1.165) is 0 Å². The summed E-state index contributed by atoms with van der Waals surface area (Å²) in [5.41, 5.74) is 24.5.